The van der Waals surface area contributed by atoms with E-state index in [-0.39, 0.29) is 15.5 Å². The minimum atomic E-state index is -3.77. The quantitative estimate of drug-likeness (QED) is 0.309. The number of rotatable bonds is 6. The summed E-state index contributed by atoms with van der Waals surface area (Å²) in [5, 5.41) is 21.9. The van der Waals surface area contributed by atoms with E-state index in [1.807, 2.05) is 0 Å². The minimum Gasteiger partial charge on any atom is -0.381 e. The SMILES string of the molecule is N#Cc1cnc2c(Cl)cc(NCc3ccc(S(N)(=O)=O)cc3)cc2c1Nc1ccc(F)c(Cl)c1. The molecule has 1 aromatic heterocycles. The molecule has 0 spiro atoms. The van der Waals surface area contributed by atoms with Crippen LogP contribution >= 0.6 is 23.2 Å². The molecular formula is C23H16Cl2FN5O2S. The first-order valence-corrected chi connectivity index (χ1v) is 12.1. The number of nitriles is 1. The molecular weight excluding hydrogens is 500 g/mol. The Hall–Kier alpha value is -3.42. The smallest absolute Gasteiger partial charge is 0.238 e. The number of benzene rings is 3. The zero-order chi connectivity index (χ0) is 24.5. The van der Waals surface area contributed by atoms with Gasteiger partial charge in [0.15, 0.2) is 0 Å². The average molecular weight is 516 g/mol. The molecule has 0 aliphatic carbocycles. The van der Waals surface area contributed by atoms with Gasteiger partial charge in [-0.05, 0) is 48.0 Å². The van der Waals surface area contributed by atoms with Gasteiger partial charge in [0.1, 0.15) is 11.9 Å². The van der Waals surface area contributed by atoms with Gasteiger partial charge in [-0.15, -0.1) is 0 Å². The lowest BCUT2D eigenvalue weighted by Crippen LogP contribution is -2.12. The molecule has 4 rings (SSSR count). The minimum absolute atomic E-state index is 0.0247. The number of nitrogens with two attached hydrogens (primary N) is 1. The normalized spacial score (nSPS) is 11.3. The third-order valence-electron chi connectivity index (χ3n) is 4.98. The number of primary sulfonamides is 1. The van der Waals surface area contributed by atoms with Crippen LogP contribution in [0.3, 0.4) is 0 Å². The van der Waals surface area contributed by atoms with Gasteiger partial charge in [0.2, 0.25) is 10.0 Å². The second kappa shape index (κ2) is 9.44. The van der Waals surface area contributed by atoms with Crippen molar-refractivity contribution >= 4 is 61.2 Å². The van der Waals surface area contributed by atoms with Gasteiger partial charge in [0, 0.05) is 29.5 Å². The van der Waals surface area contributed by atoms with Gasteiger partial charge >= 0.3 is 0 Å². The summed E-state index contributed by atoms with van der Waals surface area (Å²) in [4.78, 5) is 4.33. The first-order chi connectivity index (χ1) is 16.2. The molecule has 0 unspecified atom stereocenters. The highest BCUT2D eigenvalue weighted by Crippen LogP contribution is 2.35. The Kier molecular flexibility index (Phi) is 6.59. The number of anilines is 3. The Morgan fingerprint density at radius 2 is 1.74 bits per heavy atom. The van der Waals surface area contributed by atoms with E-state index < -0.39 is 15.8 Å². The summed E-state index contributed by atoms with van der Waals surface area (Å²) >= 11 is 12.4. The molecule has 0 bridgehead atoms. The fourth-order valence-electron chi connectivity index (χ4n) is 3.30. The van der Waals surface area contributed by atoms with Crippen LogP contribution in [0, 0.1) is 17.1 Å². The zero-order valence-electron chi connectivity index (χ0n) is 17.3. The number of hydrogen-bond acceptors (Lipinski definition) is 6. The summed E-state index contributed by atoms with van der Waals surface area (Å²) in [6.07, 6.45) is 1.40. The van der Waals surface area contributed by atoms with E-state index >= 15 is 0 Å². The maximum Gasteiger partial charge on any atom is 0.238 e. The molecule has 34 heavy (non-hydrogen) atoms. The Morgan fingerprint density at radius 3 is 2.38 bits per heavy atom. The highest BCUT2D eigenvalue weighted by Gasteiger charge is 2.14. The van der Waals surface area contributed by atoms with Crippen LogP contribution < -0.4 is 15.8 Å². The predicted molar refractivity (Wildman–Crippen MR) is 131 cm³/mol. The highest BCUT2D eigenvalue weighted by atomic mass is 35.5. The average Bonchev–Trinajstić information content (AvgIpc) is 2.80. The van der Waals surface area contributed by atoms with Crippen LogP contribution in [0.5, 0.6) is 0 Å². The van der Waals surface area contributed by atoms with Crippen LogP contribution in [-0.2, 0) is 16.6 Å². The van der Waals surface area contributed by atoms with Gasteiger partial charge in [-0.2, -0.15) is 5.26 Å². The van der Waals surface area contributed by atoms with Gasteiger partial charge in [0.05, 0.1) is 31.7 Å². The molecule has 172 valence electrons. The predicted octanol–water partition coefficient (Wildman–Crippen LogP) is 5.56. The second-order valence-electron chi connectivity index (χ2n) is 7.31. The van der Waals surface area contributed by atoms with E-state index in [0.717, 1.165) is 5.56 Å². The summed E-state index contributed by atoms with van der Waals surface area (Å²) in [7, 11) is -3.77. The van der Waals surface area contributed by atoms with Crippen molar-refractivity contribution in [2.45, 2.75) is 11.4 Å². The van der Waals surface area contributed by atoms with E-state index in [2.05, 4.69) is 21.7 Å². The van der Waals surface area contributed by atoms with Crippen molar-refractivity contribution in [1.82, 2.24) is 4.98 Å². The number of sulfonamides is 1. The third-order valence-corrected chi connectivity index (χ3v) is 6.49. The number of hydrogen-bond donors (Lipinski definition) is 3. The molecule has 7 nitrogen and oxygen atoms in total. The number of fused-ring (bicyclic) bond motifs is 1. The number of halogens is 3. The molecule has 0 fully saturated rings. The second-order valence-corrected chi connectivity index (χ2v) is 9.69. The summed E-state index contributed by atoms with van der Waals surface area (Å²) in [6, 6.07) is 15.9. The van der Waals surface area contributed by atoms with Gasteiger partial charge in [-0.25, -0.2) is 17.9 Å². The first kappa shape index (κ1) is 23.7. The molecule has 0 radical (unpaired) electrons. The molecule has 0 amide bonds. The molecule has 0 aliphatic rings. The number of nitrogens with one attached hydrogen (secondary N) is 2. The summed E-state index contributed by atoms with van der Waals surface area (Å²) in [5.74, 6) is -0.557. The molecule has 4 aromatic rings. The Labute approximate surface area is 205 Å². The van der Waals surface area contributed by atoms with Crippen LogP contribution in [0.1, 0.15) is 11.1 Å². The van der Waals surface area contributed by atoms with Gasteiger partial charge < -0.3 is 10.6 Å². The molecule has 1 heterocycles. The number of nitrogens with zero attached hydrogens (tertiary/aromatic N) is 2. The molecule has 11 heteroatoms. The van der Waals surface area contributed by atoms with Crippen LogP contribution in [-0.4, -0.2) is 13.4 Å². The standard InChI is InChI=1S/C23H16Cl2FN5O2S/c24-19-8-15(3-6-21(19)26)31-22-14(10-27)12-30-23-18(22)7-16(9-20(23)25)29-11-13-1-4-17(5-2-13)34(28,32)33/h1-9,12,29H,11H2,(H,30,31)(H2,28,32,33). The molecule has 0 atom stereocenters. The lowest BCUT2D eigenvalue weighted by molar-refractivity contribution is 0.597. The molecule has 3 aromatic carbocycles. The molecule has 4 N–H and O–H groups in total. The maximum absolute atomic E-state index is 13.6. The Bertz CT molecular complexity index is 1550. The van der Waals surface area contributed by atoms with Crippen molar-refractivity contribution in [2.24, 2.45) is 5.14 Å². The van der Waals surface area contributed by atoms with Gasteiger partial charge in [-0.1, -0.05) is 35.3 Å². The van der Waals surface area contributed by atoms with E-state index in [1.54, 1.807) is 24.3 Å². The lowest BCUT2D eigenvalue weighted by atomic mass is 10.1. The molecule has 0 saturated carbocycles. The fraction of sp³-hybridized carbons (Fsp3) is 0.0435. The third kappa shape index (κ3) is 5.05. The van der Waals surface area contributed by atoms with E-state index in [4.69, 9.17) is 28.3 Å². The number of pyridine rings is 1. The zero-order valence-corrected chi connectivity index (χ0v) is 19.6. The summed E-state index contributed by atoms with van der Waals surface area (Å²) in [6.45, 7) is 0.369. The maximum atomic E-state index is 13.6. The van der Waals surface area contributed by atoms with Crippen molar-refractivity contribution in [2.75, 3.05) is 10.6 Å². The molecule has 0 aliphatic heterocycles. The Morgan fingerprint density at radius 1 is 1.03 bits per heavy atom. The van der Waals surface area contributed by atoms with Crippen molar-refractivity contribution in [3.8, 4) is 6.07 Å². The summed E-state index contributed by atoms with van der Waals surface area (Å²) < 4.78 is 36.4. The van der Waals surface area contributed by atoms with Crippen molar-refractivity contribution in [1.29, 1.82) is 5.26 Å². The van der Waals surface area contributed by atoms with Crippen molar-refractivity contribution < 1.29 is 12.8 Å². The van der Waals surface area contributed by atoms with E-state index in [9.17, 15) is 18.1 Å². The van der Waals surface area contributed by atoms with Crippen molar-refractivity contribution in [3.63, 3.8) is 0 Å². The topological polar surface area (TPSA) is 121 Å². The molecule has 0 saturated heterocycles. The Balaban J connectivity index is 1.68. The lowest BCUT2D eigenvalue weighted by Gasteiger charge is -2.15. The van der Waals surface area contributed by atoms with E-state index in [1.165, 1.54) is 36.5 Å². The first-order valence-electron chi connectivity index (χ1n) is 9.76. The van der Waals surface area contributed by atoms with Crippen molar-refractivity contribution in [3.05, 3.63) is 87.8 Å². The van der Waals surface area contributed by atoms with Gasteiger partial charge in [0.25, 0.3) is 0 Å². The highest BCUT2D eigenvalue weighted by molar-refractivity contribution is 7.89. The fourth-order valence-corrected chi connectivity index (χ4v) is 4.26. The van der Waals surface area contributed by atoms with Crippen LogP contribution in [0.2, 0.25) is 10.0 Å². The van der Waals surface area contributed by atoms with Crippen LogP contribution in [0.15, 0.2) is 65.7 Å². The van der Waals surface area contributed by atoms with E-state index in [0.29, 0.717) is 39.5 Å². The van der Waals surface area contributed by atoms with Crippen LogP contribution in [0.4, 0.5) is 21.5 Å². The van der Waals surface area contributed by atoms with Gasteiger partial charge in [-0.3, -0.25) is 4.98 Å². The summed E-state index contributed by atoms with van der Waals surface area (Å²) in [5.41, 5.74) is 3.12. The monoisotopic (exact) mass is 515 g/mol. The largest absolute Gasteiger partial charge is 0.381 e. The number of aromatic nitrogens is 1. The van der Waals surface area contributed by atoms with Crippen LogP contribution in [0.25, 0.3) is 10.9 Å².